The smallest absolute Gasteiger partial charge is 0.258 e. The molecule has 1 atom stereocenters. The first-order valence-electron chi connectivity index (χ1n) is 9.28. The van der Waals surface area contributed by atoms with E-state index in [1.807, 2.05) is 19.1 Å². The fourth-order valence-electron chi connectivity index (χ4n) is 3.76. The fraction of sp³-hybridized carbons (Fsp3) is 0.333. The Kier molecular flexibility index (Phi) is 5.14. The lowest BCUT2D eigenvalue weighted by molar-refractivity contribution is 0.245. The molecule has 27 heavy (non-hydrogen) atoms. The van der Waals surface area contributed by atoms with Crippen LogP contribution in [0.2, 0.25) is 5.02 Å². The van der Waals surface area contributed by atoms with Gasteiger partial charge in [0.2, 0.25) is 0 Å². The molecule has 0 spiro atoms. The third-order valence-corrected chi connectivity index (χ3v) is 5.20. The Morgan fingerprint density at radius 3 is 2.81 bits per heavy atom. The molecule has 3 aromatic rings. The monoisotopic (exact) mass is 383 g/mol. The summed E-state index contributed by atoms with van der Waals surface area (Å²) < 4.78 is 7.02. The minimum Gasteiger partial charge on any atom is -0.494 e. The van der Waals surface area contributed by atoms with Crippen LogP contribution in [0.4, 0.5) is 0 Å². The molecule has 1 fully saturated rings. The number of fused-ring (bicyclic) bond motifs is 1. The van der Waals surface area contributed by atoms with Gasteiger partial charge in [-0.25, -0.2) is 4.98 Å². The van der Waals surface area contributed by atoms with Crippen LogP contribution in [-0.4, -0.2) is 27.4 Å². The Hall–Kier alpha value is -2.37. The van der Waals surface area contributed by atoms with Crippen LogP contribution in [0.3, 0.4) is 0 Å². The Morgan fingerprint density at radius 2 is 2.04 bits per heavy atom. The van der Waals surface area contributed by atoms with E-state index >= 15 is 0 Å². The summed E-state index contributed by atoms with van der Waals surface area (Å²) in [6, 6.07) is 13.8. The van der Waals surface area contributed by atoms with Crippen molar-refractivity contribution in [1.29, 1.82) is 0 Å². The van der Waals surface area contributed by atoms with Gasteiger partial charge in [0.05, 0.1) is 17.3 Å². The molecular weight excluding hydrogens is 362 g/mol. The number of hydrogen-bond acceptors (Lipinski definition) is 4. The lowest BCUT2D eigenvalue weighted by Crippen LogP contribution is -2.25. The second-order valence-electron chi connectivity index (χ2n) is 6.79. The van der Waals surface area contributed by atoms with Crippen molar-refractivity contribution in [2.45, 2.75) is 32.4 Å². The van der Waals surface area contributed by atoms with Crippen LogP contribution in [0.1, 0.15) is 37.1 Å². The Morgan fingerprint density at radius 1 is 1.22 bits per heavy atom. The van der Waals surface area contributed by atoms with E-state index in [1.54, 1.807) is 24.4 Å². The fourth-order valence-corrected chi connectivity index (χ4v) is 3.92. The standard InChI is InChI=1S/C21H22ClN3O2/c1-2-27-18-8-5-15(6-9-18)19-4-3-11-24(19)14-17-12-21(26)25-13-16(22)7-10-20(25)23-17/h5-10,12-13,19H,2-4,11,14H2,1H3/t19-/m1/s1. The van der Waals surface area contributed by atoms with E-state index < -0.39 is 0 Å². The minimum absolute atomic E-state index is 0.102. The van der Waals surface area contributed by atoms with E-state index in [2.05, 4.69) is 22.0 Å². The quantitative estimate of drug-likeness (QED) is 0.666. The molecule has 140 valence electrons. The zero-order valence-electron chi connectivity index (χ0n) is 15.3. The number of nitrogens with zero attached hydrogens (tertiary/aromatic N) is 3. The summed E-state index contributed by atoms with van der Waals surface area (Å²) in [4.78, 5) is 19.5. The second-order valence-corrected chi connectivity index (χ2v) is 7.23. The van der Waals surface area contributed by atoms with Gasteiger partial charge in [-0.15, -0.1) is 0 Å². The summed E-state index contributed by atoms with van der Waals surface area (Å²) in [5.74, 6) is 0.897. The third-order valence-electron chi connectivity index (χ3n) is 4.98. The highest BCUT2D eigenvalue weighted by Gasteiger charge is 2.26. The van der Waals surface area contributed by atoms with Crippen LogP contribution in [0.15, 0.2) is 53.5 Å². The van der Waals surface area contributed by atoms with Crippen molar-refractivity contribution in [3.8, 4) is 5.75 Å². The van der Waals surface area contributed by atoms with Crippen molar-refractivity contribution in [1.82, 2.24) is 14.3 Å². The maximum absolute atomic E-state index is 12.4. The van der Waals surface area contributed by atoms with Crippen molar-refractivity contribution < 1.29 is 4.74 Å². The molecular formula is C21H22ClN3O2. The molecule has 6 heteroatoms. The summed E-state index contributed by atoms with van der Waals surface area (Å²) >= 11 is 5.98. The van der Waals surface area contributed by atoms with Crippen LogP contribution >= 0.6 is 11.6 Å². The highest BCUT2D eigenvalue weighted by molar-refractivity contribution is 6.30. The van der Waals surface area contributed by atoms with E-state index in [9.17, 15) is 4.79 Å². The molecule has 0 unspecified atom stereocenters. The molecule has 2 aromatic heterocycles. The number of pyridine rings is 1. The van der Waals surface area contributed by atoms with Gasteiger partial charge in [-0.05, 0) is 56.1 Å². The van der Waals surface area contributed by atoms with E-state index in [1.165, 1.54) is 9.96 Å². The van der Waals surface area contributed by atoms with Crippen molar-refractivity contribution in [2.24, 2.45) is 0 Å². The SMILES string of the molecule is CCOc1ccc([C@H]2CCCN2Cc2cc(=O)n3cc(Cl)ccc3n2)cc1. The summed E-state index contributed by atoms with van der Waals surface area (Å²) in [6.45, 7) is 4.31. The molecule has 0 aliphatic carbocycles. The van der Waals surface area contributed by atoms with Gasteiger partial charge in [0.25, 0.3) is 5.56 Å². The maximum atomic E-state index is 12.4. The largest absolute Gasteiger partial charge is 0.494 e. The van der Waals surface area contributed by atoms with Gasteiger partial charge in [0.1, 0.15) is 11.4 Å². The van der Waals surface area contributed by atoms with Crippen molar-refractivity contribution >= 4 is 17.2 Å². The maximum Gasteiger partial charge on any atom is 0.258 e. The zero-order chi connectivity index (χ0) is 18.8. The number of halogens is 1. The normalized spacial score (nSPS) is 17.5. The molecule has 1 aromatic carbocycles. The number of aromatic nitrogens is 2. The van der Waals surface area contributed by atoms with E-state index in [0.29, 0.717) is 29.9 Å². The summed E-state index contributed by atoms with van der Waals surface area (Å²) in [5, 5.41) is 0.522. The van der Waals surface area contributed by atoms with Crippen LogP contribution in [0, 0.1) is 0 Å². The lowest BCUT2D eigenvalue weighted by atomic mass is 10.0. The number of benzene rings is 1. The summed E-state index contributed by atoms with van der Waals surface area (Å²) in [7, 11) is 0. The number of ether oxygens (including phenoxy) is 1. The first-order valence-corrected chi connectivity index (χ1v) is 9.66. The topological polar surface area (TPSA) is 46.8 Å². The number of rotatable bonds is 5. The van der Waals surface area contributed by atoms with Gasteiger partial charge < -0.3 is 4.74 Å². The molecule has 4 rings (SSSR count). The average Bonchev–Trinajstić information content (AvgIpc) is 3.11. The van der Waals surface area contributed by atoms with Crippen LogP contribution in [0.25, 0.3) is 5.65 Å². The second kappa shape index (κ2) is 7.71. The molecule has 0 saturated carbocycles. The summed E-state index contributed by atoms with van der Waals surface area (Å²) in [5.41, 5.74) is 2.59. The van der Waals surface area contributed by atoms with Crippen molar-refractivity contribution in [3.63, 3.8) is 0 Å². The molecule has 1 aliphatic heterocycles. The lowest BCUT2D eigenvalue weighted by Gasteiger charge is -2.24. The Balaban J connectivity index is 1.57. The summed E-state index contributed by atoms with van der Waals surface area (Å²) in [6.07, 6.45) is 3.85. The van der Waals surface area contributed by atoms with Crippen LogP contribution in [-0.2, 0) is 6.54 Å². The molecule has 0 radical (unpaired) electrons. The van der Waals surface area contributed by atoms with Crippen molar-refractivity contribution in [3.05, 3.63) is 75.3 Å². The molecule has 3 heterocycles. The first kappa shape index (κ1) is 18.0. The molecule has 0 N–H and O–H groups in total. The number of hydrogen-bond donors (Lipinski definition) is 0. The van der Waals surface area contributed by atoms with Crippen LogP contribution < -0.4 is 10.3 Å². The number of likely N-dealkylation sites (tertiary alicyclic amines) is 1. The molecule has 0 amide bonds. The Labute approximate surface area is 163 Å². The molecule has 1 saturated heterocycles. The average molecular weight is 384 g/mol. The third kappa shape index (κ3) is 3.84. The van der Waals surface area contributed by atoms with Gasteiger partial charge in [0, 0.05) is 24.8 Å². The van der Waals surface area contributed by atoms with Gasteiger partial charge >= 0.3 is 0 Å². The highest BCUT2D eigenvalue weighted by Crippen LogP contribution is 2.33. The van der Waals surface area contributed by atoms with Gasteiger partial charge in [0.15, 0.2) is 0 Å². The van der Waals surface area contributed by atoms with Gasteiger partial charge in [-0.1, -0.05) is 23.7 Å². The Bertz CT molecular complexity index is 1000. The minimum atomic E-state index is -0.102. The van der Waals surface area contributed by atoms with E-state index in [4.69, 9.17) is 16.3 Å². The van der Waals surface area contributed by atoms with Gasteiger partial charge in [-0.2, -0.15) is 0 Å². The zero-order valence-corrected chi connectivity index (χ0v) is 16.0. The van der Waals surface area contributed by atoms with Crippen LogP contribution in [0.5, 0.6) is 5.75 Å². The molecule has 0 bridgehead atoms. The van der Waals surface area contributed by atoms with E-state index in [0.717, 1.165) is 30.8 Å². The van der Waals surface area contributed by atoms with Gasteiger partial charge in [-0.3, -0.25) is 14.1 Å². The highest BCUT2D eigenvalue weighted by atomic mass is 35.5. The predicted molar refractivity (Wildman–Crippen MR) is 106 cm³/mol. The van der Waals surface area contributed by atoms with Crippen molar-refractivity contribution in [2.75, 3.05) is 13.2 Å². The molecule has 5 nitrogen and oxygen atoms in total. The van der Waals surface area contributed by atoms with E-state index in [-0.39, 0.29) is 5.56 Å². The first-order chi connectivity index (χ1) is 13.1. The predicted octanol–water partition coefficient (Wildman–Crippen LogP) is 4.08. The molecule has 1 aliphatic rings.